The Bertz CT molecular complexity index is 1180. The third kappa shape index (κ3) is 2.81. The monoisotopic (exact) mass is 425 g/mol. The van der Waals surface area contributed by atoms with E-state index in [0.717, 1.165) is 4.47 Å². The van der Waals surface area contributed by atoms with Crippen molar-refractivity contribution < 1.29 is 0 Å². The molecule has 0 heterocycles. The minimum Gasteiger partial charge on any atom is -0.326 e. The maximum atomic E-state index is 5.94. The van der Waals surface area contributed by atoms with Crippen LogP contribution < -0.4 is 5.73 Å². The smallest absolute Gasteiger partial charge is 0.0358 e. The summed E-state index contributed by atoms with van der Waals surface area (Å²) in [5.74, 6) is 0.216. The van der Waals surface area contributed by atoms with Crippen molar-refractivity contribution in [2.45, 2.75) is 12.5 Å². The molecule has 0 spiro atoms. The molecule has 4 aromatic rings. The molecule has 4 aromatic carbocycles. The fraction of sp³-hybridized carbons (Fsp3) is 0.0769. The van der Waals surface area contributed by atoms with Gasteiger partial charge in [0, 0.05) is 16.9 Å². The zero-order valence-electron chi connectivity index (χ0n) is 15.4. The first-order valence-corrected chi connectivity index (χ1v) is 10.3. The predicted octanol–water partition coefficient (Wildman–Crippen LogP) is 6.74. The van der Waals surface area contributed by atoms with Crippen molar-refractivity contribution in [3.05, 3.63) is 118 Å². The molecule has 1 aliphatic rings. The Morgan fingerprint density at radius 3 is 2.32 bits per heavy atom. The number of halogens is 1. The fourth-order valence-corrected chi connectivity index (χ4v) is 4.81. The van der Waals surface area contributed by atoms with E-state index in [2.05, 4.69) is 107 Å². The van der Waals surface area contributed by atoms with Gasteiger partial charge in [-0.3, -0.25) is 0 Å². The second-order valence-corrected chi connectivity index (χ2v) is 8.16. The molecule has 0 aliphatic heterocycles. The summed E-state index contributed by atoms with van der Waals surface area (Å²) < 4.78 is 1.10. The number of benzene rings is 4. The van der Waals surface area contributed by atoms with Gasteiger partial charge in [0.15, 0.2) is 0 Å². The molecule has 136 valence electrons. The molecular weight excluding hydrogens is 406 g/mol. The summed E-state index contributed by atoms with van der Waals surface area (Å²) >= 11 is 3.63. The molecule has 2 heteroatoms. The average Bonchev–Trinajstić information content (AvgIpc) is 3.08. The van der Waals surface area contributed by atoms with Crippen LogP contribution in [0.5, 0.6) is 0 Å². The van der Waals surface area contributed by atoms with Crippen molar-refractivity contribution in [1.29, 1.82) is 0 Å². The minimum atomic E-state index is 0.216. The number of rotatable bonds is 3. The van der Waals surface area contributed by atoms with Crippen LogP contribution in [-0.2, 0) is 6.54 Å². The SMILES string of the molecule is NCc1cccc(C2c3ccccc3-c3cccc(-c4cccc(Br)c4)c32)c1. The number of hydrogen-bond donors (Lipinski definition) is 1. The highest BCUT2D eigenvalue weighted by Crippen LogP contribution is 2.51. The van der Waals surface area contributed by atoms with Crippen LogP contribution in [0.3, 0.4) is 0 Å². The highest BCUT2D eigenvalue weighted by molar-refractivity contribution is 9.10. The van der Waals surface area contributed by atoms with E-state index in [1.165, 1.54) is 44.5 Å². The quantitative estimate of drug-likeness (QED) is 0.340. The number of nitrogens with two attached hydrogens (primary N) is 1. The van der Waals surface area contributed by atoms with Gasteiger partial charge in [-0.15, -0.1) is 0 Å². The first-order valence-electron chi connectivity index (χ1n) is 9.53. The lowest BCUT2D eigenvalue weighted by atomic mass is 9.84. The Balaban J connectivity index is 1.80. The van der Waals surface area contributed by atoms with Gasteiger partial charge in [0.1, 0.15) is 0 Å². The normalized spacial score (nSPS) is 14.6. The van der Waals surface area contributed by atoms with Gasteiger partial charge in [-0.2, -0.15) is 0 Å². The lowest BCUT2D eigenvalue weighted by Crippen LogP contribution is -2.03. The molecule has 0 saturated carbocycles. The summed E-state index contributed by atoms with van der Waals surface area (Å²) in [5.41, 5.74) is 16.4. The van der Waals surface area contributed by atoms with E-state index in [1.807, 2.05) is 0 Å². The largest absolute Gasteiger partial charge is 0.326 e. The van der Waals surface area contributed by atoms with Gasteiger partial charge >= 0.3 is 0 Å². The fourth-order valence-electron chi connectivity index (χ4n) is 4.41. The van der Waals surface area contributed by atoms with Crippen molar-refractivity contribution in [3.63, 3.8) is 0 Å². The van der Waals surface area contributed by atoms with Crippen LogP contribution in [0.25, 0.3) is 22.3 Å². The van der Waals surface area contributed by atoms with Crippen LogP contribution in [-0.4, -0.2) is 0 Å². The minimum absolute atomic E-state index is 0.216. The van der Waals surface area contributed by atoms with E-state index in [1.54, 1.807) is 0 Å². The molecule has 0 saturated heterocycles. The first kappa shape index (κ1) is 17.4. The van der Waals surface area contributed by atoms with E-state index in [-0.39, 0.29) is 5.92 Å². The molecule has 5 rings (SSSR count). The lowest BCUT2D eigenvalue weighted by molar-refractivity contribution is 0.993. The average molecular weight is 426 g/mol. The third-order valence-electron chi connectivity index (χ3n) is 5.61. The second kappa shape index (κ2) is 7.05. The van der Waals surface area contributed by atoms with Crippen LogP contribution >= 0.6 is 15.9 Å². The van der Waals surface area contributed by atoms with E-state index < -0.39 is 0 Å². The molecule has 28 heavy (non-hydrogen) atoms. The molecule has 0 aromatic heterocycles. The van der Waals surface area contributed by atoms with Crippen LogP contribution in [0, 0.1) is 0 Å². The Kier molecular flexibility index (Phi) is 4.38. The Morgan fingerprint density at radius 2 is 1.46 bits per heavy atom. The Hall–Kier alpha value is -2.68. The summed E-state index contributed by atoms with van der Waals surface area (Å²) in [4.78, 5) is 0. The maximum absolute atomic E-state index is 5.94. The predicted molar refractivity (Wildman–Crippen MR) is 120 cm³/mol. The summed E-state index contributed by atoms with van der Waals surface area (Å²) in [6.45, 7) is 0.558. The number of fused-ring (bicyclic) bond motifs is 3. The molecule has 0 amide bonds. The molecule has 1 nitrogen and oxygen atoms in total. The van der Waals surface area contributed by atoms with Gasteiger partial charge in [-0.05, 0) is 56.6 Å². The highest BCUT2D eigenvalue weighted by atomic mass is 79.9. The maximum Gasteiger partial charge on any atom is 0.0358 e. The Morgan fingerprint density at radius 1 is 0.714 bits per heavy atom. The summed E-state index contributed by atoms with van der Waals surface area (Å²) in [7, 11) is 0. The van der Waals surface area contributed by atoms with Crippen LogP contribution in [0.4, 0.5) is 0 Å². The van der Waals surface area contributed by atoms with Gasteiger partial charge in [-0.25, -0.2) is 0 Å². The highest BCUT2D eigenvalue weighted by Gasteiger charge is 2.32. The topological polar surface area (TPSA) is 26.0 Å². The second-order valence-electron chi connectivity index (χ2n) is 7.25. The molecular formula is C26H20BrN. The summed E-state index contributed by atoms with van der Waals surface area (Å²) in [5, 5.41) is 0. The molecule has 0 radical (unpaired) electrons. The molecule has 1 aliphatic carbocycles. The van der Waals surface area contributed by atoms with Crippen molar-refractivity contribution in [3.8, 4) is 22.3 Å². The van der Waals surface area contributed by atoms with E-state index in [9.17, 15) is 0 Å². The van der Waals surface area contributed by atoms with Gasteiger partial charge < -0.3 is 5.73 Å². The van der Waals surface area contributed by atoms with Crippen molar-refractivity contribution in [1.82, 2.24) is 0 Å². The van der Waals surface area contributed by atoms with Gasteiger partial charge in [0.2, 0.25) is 0 Å². The van der Waals surface area contributed by atoms with E-state index >= 15 is 0 Å². The standard InChI is InChI=1S/C26H20BrN/c27-20-9-4-7-18(15-20)21-12-5-13-24-22-10-1-2-11-23(22)25(26(21)24)19-8-3-6-17(14-19)16-28/h1-15,25H,16,28H2. The van der Waals surface area contributed by atoms with Crippen molar-refractivity contribution in [2.24, 2.45) is 5.73 Å². The zero-order valence-corrected chi connectivity index (χ0v) is 17.0. The first-order chi connectivity index (χ1) is 13.8. The lowest BCUT2D eigenvalue weighted by Gasteiger charge is -2.19. The van der Waals surface area contributed by atoms with Crippen LogP contribution in [0.1, 0.15) is 28.2 Å². The van der Waals surface area contributed by atoms with Gasteiger partial charge in [0.25, 0.3) is 0 Å². The van der Waals surface area contributed by atoms with Gasteiger partial charge in [-0.1, -0.05) is 94.8 Å². The molecule has 0 bridgehead atoms. The molecule has 1 atom stereocenters. The Labute approximate surface area is 174 Å². The molecule has 1 unspecified atom stereocenters. The van der Waals surface area contributed by atoms with Crippen molar-refractivity contribution in [2.75, 3.05) is 0 Å². The third-order valence-corrected chi connectivity index (χ3v) is 6.11. The summed E-state index contributed by atoms with van der Waals surface area (Å²) in [6, 6.07) is 32.7. The van der Waals surface area contributed by atoms with E-state index in [0.29, 0.717) is 6.54 Å². The van der Waals surface area contributed by atoms with E-state index in [4.69, 9.17) is 5.73 Å². The zero-order chi connectivity index (χ0) is 19.1. The molecule has 2 N–H and O–H groups in total. The number of hydrogen-bond acceptors (Lipinski definition) is 1. The summed E-state index contributed by atoms with van der Waals surface area (Å²) in [6.07, 6.45) is 0. The van der Waals surface area contributed by atoms with Crippen molar-refractivity contribution >= 4 is 15.9 Å². The molecule has 0 fully saturated rings. The van der Waals surface area contributed by atoms with Gasteiger partial charge in [0.05, 0.1) is 0 Å². The van der Waals surface area contributed by atoms with Crippen LogP contribution in [0.2, 0.25) is 0 Å². The van der Waals surface area contributed by atoms with Crippen LogP contribution in [0.15, 0.2) is 95.5 Å².